The predicted molar refractivity (Wildman–Crippen MR) is 86.4 cm³/mol. The number of amides is 1. The Morgan fingerprint density at radius 1 is 1.08 bits per heavy atom. The number of methoxy groups -OCH3 is 1. The van der Waals surface area contributed by atoms with Crippen molar-refractivity contribution < 1.29 is 23.5 Å². The second-order valence-corrected chi connectivity index (χ2v) is 5.00. The van der Waals surface area contributed by atoms with Gasteiger partial charge in [-0.1, -0.05) is 18.2 Å². The fourth-order valence-electron chi connectivity index (χ4n) is 2.03. The van der Waals surface area contributed by atoms with Gasteiger partial charge in [-0.2, -0.15) is 0 Å². The van der Waals surface area contributed by atoms with E-state index in [4.69, 9.17) is 9.47 Å². The maximum atomic E-state index is 13.4. The monoisotopic (exact) mass is 331 g/mol. The van der Waals surface area contributed by atoms with Gasteiger partial charge in [0.25, 0.3) is 5.91 Å². The number of carbonyl (C=O) groups is 2. The molecule has 0 spiro atoms. The van der Waals surface area contributed by atoms with E-state index in [1.165, 1.54) is 13.2 Å². The molecule has 6 heteroatoms. The molecule has 0 bridgehead atoms. The first-order valence-corrected chi connectivity index (χ1v) is 7.41. The highest BCUT2D eigenvalue weighted by atomic mass is 19.1. The highest BCUT2D eigenvalue weighted by Crippen LogP contribution is 2.12. The summed E-state index contributed by atoms with van der Waals surface area (Å²) < 4.78 is 23.3. The van der Waals surface area contributed by atoms with E-state index in [9.17, 15) is 14.0 Å². The van der Waals surface area contributed by atoms with Gasteiger partial charge in [-0.3, -0.25) is 4.79 Å². The molecule has 5 nitrogen and oxygen atoms in total. The summed E-state index contributed by atoms with van der Waals surface area (Å²) in [5.41, 5.74) is 0.850. The summed E-state index contributed by atoms with van der Waals surface area (Å²) in [7, 11) is 1.53. The van der Waals surface area contributed by atoms with Crippen LogP contribution in [0.4, 0.5) is 4.39 Å². The minimum absolute atomic E-state index is 0.264. The molecule has 0 saturated heterocycles. The van der Waals surface area contributed by atoms with E-state index in [2.05, 4.69) is 5.32 Å². The number of hydrogen-bond acceptors (Lipinski definition) is 4. The Kier molecular flexibility index (Phi) is 6.31. The summed E-state index contributed by atoms with van der Waals surface area (Å²) in [6, 6.07) is 12.7. The molecule has 2 aromatic carbocycles. The fourth-order valence-corrected chi connectivity index (χ4v) is 2.03. The maximum Gasteiger partial charge on any atom is 0.338 e. The molecular formula is C18H18FNO4. The SMILES string of the molecule is COc1ccc(C(=O)OCC(=O)NCCc2ccccc2F)cc1. The normalized spacial score (nSPS) is 10.1. The minimum atomic E-state index is -0.595. The van der Waals surface area contributed by atoms with Crippen molar-refractivity contribution in [1.82, 2.24) is 5.32 Å². The molecule has 0 aliphatic rings. The third kappa shape index (κ3) is 5.08. The zero-order valence-electron chi connectivity index (χ0n) is 13.3. The first kappa shape index (κ1) is 17.5. The molecule has 1 amide bonds. The Morgan fingerprint density at radius 2 is 1.79 bits per heavy atom. The average molecular weight is 331 g/mol. The lowest BCUT2D eigenvalue weighted by Gasteiger charge is -2.07. The second kappa shape index (κ2) is 8.67. The second-order valence-electron chi connectivity index (χ2n) is 5.00. The van der Waals surface area contributed by atoms with Gasteiger partial charge in [0, 0.05) is 6.54 Å². The Labute approximate surface area is 139 Å². The quantitative estimate of drug-likeness (QED) is 0.791. The van der Waals surface area contributed by atoms with Crippen molar-refractivity contribution in [2.75, 3.05) is 20.3 Å². The van der Waals surface area contributed by atoms with Crippen LogP contribution in [0.2, 0.25) is 0 Å². The molecule has 1 N–H and O–H groups in total. The first-order valence-electron chi connectivity index (χ1n) is 7.41. The van der Waals surface area contributed by atoms with Crippen LogP contribution >= 0.6 is 0 Å². The van der Waals surface area contributed by atoms with E-state index >= 15 is 0 Å². The van der Waals surface area contributed by atoms with Crippen molar-refractivity contribution in [2.45, 2.75) is 6.42 Å². The van der Waals surface area contributed by atoms with Crippen LogP contribution < -0.4 is 10.1 Å². The van der Waals surface area contributed by atoms with Crippen molar-refractivity contribution in [3.63, 3.8) is 0 Å². The van der Waals surface area contributed by atoms with E-state index in [0.717, 1.165) is 0 Å². The summed E-state index contributed by atoms with van der Waals surface area (Å²) in [6.07, 6.45) is 0.366. The van der Waals surface area contributed by atoms with Crippen LogP contribution in [0.3, 0.4) is 0 Å². The molecule has 0 radical (unpaired) electrons. The van der Waals surface area contributed by atoms with E-state index < -0.39 is 11.9 Å². The molecule has 0 aliphatic heterocycles. The van der Waals surface area contributed by atoms with Gasteiger partial charge in [-0.05, 0) is 42.3 Å². The Morgan fingerprint density at radius 3 is 2.46 bits per heavy atom. The lowest BCUT2D eigenvalue weighted by Crippen LogP contribution is -2.30. The number of esters is 1. The molecule has 24 heavy (non-hydrogen) atoms. The highest BCUT2D eigenvalue weighted by molar-refractivity contribution is 5.91. The van der Waals surface area contributed by atoms with Crippen molar-refractivity contribution in [3.8, 4) is 5.75 Å². The number of ether oxygens (including phenoxy) is 2. The summed E-state index contributed by atoms with van der Waals surface area (Å²) in [5, 5.41) is 2.58. The van der Waals surface area contributed by atoms with E-state index in [1.807, 2.05) is 0 Å². The smallest absolute Gasteiger partial charge is 0.338 e. The number of benzene rings is 2. The molecule has 2 aromatic rings. The van der Waals surface area contributed by atoms with E-state index in [-0.39, 0.29) is 19.0 Å². The van der Waals surface area contributed by atoms with Gasteiger partial charge in [-0.25, -0.2) is 9.18 Å². The van der Waals surface area contributed by atoms with Crippen LogP contribution in [-0.4, -0.2) is 32.1 Å². The molecule has 2 rings (SSSR count). The van der Waals surface area contributed by atoms with E-state index in [1.54, 1.807) is 42.5 Å². The van der Waals surface area contributed by atoms with Gasteiger partial charge < -0.3 is 14.8 Å². The van der Waals surface area contributed by atoms with Gasteiger partial charge in [0.1, 0.15) is 11.6 Å². The molecule has 0 unspecified atom stereocenters. The van der Waals surface area contributed by atoms with Crippen molar-refractivity contribution >= 4 is 11.9 Å². The summed E-state index contributed by atoms with van der Waals surface area (Å²) in [5.74, 6) is -0.717. The number of nitrogens with one attached hydrogen (secondary N) is 1. The third-order valence-corrected chi connectivity index (χ3v) is 3.33. The van der Waals surface area contributed by atoms with Crippen LogP contribution in [0, 0.1) is 5.82 Å². The van der Waals surface area contributed by atoms with Gasteiger partial charge in [0.2, 0.25) is 0 Å². The zero-order chi connectivity index (χ0) is 17.4. The Hall–Kier alpha value is -2.89. The molecule has 0 fully saturated rings. The zero-order valence-corrected chi connectivity index (χ0v) is 13.3. The molecule has 0 saturated carbocycles. The molecule has 0 heterocycles. The molecule has 0 aromatic heterocycles. The van der Waals surface area contributed by atoms with Gasteiger partial charge in [0.05, 0.1) is 12.7 Å². The van der Waals surface area contributed by atoms with Crippen LogP contribution in [0.25, 0.3) is 0 Å². The highest BCUT2D eigenvalue weighted by Gasteiger charge is 2.10. The van der Waals surface area contributed by atoms with Crippen molar-refractivity contribution in [3.05, 3.63) is 65.5 Å². The summed E-state index contributed by atoms with van der Waals surface area (Å²) >= 11 is 0. The van der Waals surface area contributed by atoms with Crippen molar-refractivity contribution in [2.24, 2.45) is 0 Å². The topological polar surface area (TPSA) is 64.6 Å². The van der Waals surface area contributed by atoms with Crippen LogP contribution in [-0.2, 0) is 16.0 Å². The van der Waals surface area contributed by atoms with Crippen LogP contribution in [0.5, 0.6) is 5.75 Å². The van der Waals surface area contributed by atoms with Gasteiger partial charge in [0.15, 0.2) is 6.61 Å². The Bertz CT molecular complexity index is 700. The summed E-state index contributed by atoms with van der Waals surface area (Å²) in [6.45, 7) is -0.123. The molecular weight excluding hydrogens is 313 g/mol. The first-order chi connectivity index (χ1) is 11.6. The van der Waals surface area contributed by atoms with E-state index in [0.29, 0.717) is 23.3 Å². The Balaban J connectivity index is 1.72. The maximum absolute atomic E-state index is 13.4. The fraction of sp³-hybridized carbons (Fsp3) is 0.222. The summed E-state index contributed by atoms with van der Waals surface area (Å²) in [4.78, 5) is 23.4. The number of rotatable bonds is 7. The van der Waals surface area contributed by atoms with Gasteiger partial charge >= 0.3 is 5.97 Å². The average Bonchev–Trinajstić information content (AvgIpc) is 2.61. The molecule has 126 valence electrons. The lowest BCUT2D eigenvalue weighted by molar-refractivity contribution is -0.124. The number of hydrogen-bond donors (Lipinski definition) is 1. The third-order valence-electron chi connectivity index (χ3n) is 3.33. The number of halogens is 1. The van der Waals surface area contributed by atoms with Gasteiger partial charge in [-0.15, -0.1) is 0 Å². The standard InChI is InChI=1S/C18H18FNO4/c1-23-15-8-6-14(7-9-15)18(22)24-12-17(21)20-11-10-13-4-2-3-5-16(13)19/h2-9H,10-12H2,1H3,(H,20,21). The molecule has 0 aliphatic carbocycles. The largest absolute Gasteiger partial charge is 0.497 e. The predicted octanol–water partition coefficient (Wildman–Crippen LogP) is 2.35. The van der Waals surface area contributed by atoms with Crippen molar-refractivity contribution in [1.29, 1.82) is 0 Å². The lowest BCUT2D eigenvalue weighted by atomic mass is 10.1. The van der Waals surface area contributed by atoms with Crippen LogP contribution in [0.1, 0.15) is 15.9 Å². The minimum Gasteiger partial charge on any atom is -0.497 e. The van der Waals surface area contributed by atoms with Crippen LogP contribution in [0.15, 0.2) is 48.5 Å². The molecule has 0 atom stereocenters. The number of carbonyl (C=O) groups excluding carboxylic acids is 2.